The maximum Gasteiger partial charge on any atom is 0.572 e. The van der Waals surface area contributed by atoms with E-state index in [9.17, 15) is 13.2 Å². The van der Waals surface area contributed by atoms with E-state index in [2.05, 4.69) is 49.7 Å². The van der Waals surface area contributed by atoms with Crippen LogP contribution >= 0.6 is 0 Å². The van der Waals surface area contributed by atoms with Gasteiger partial charge in [-0.2, -0.15) is 0 Å². The van der Waals surface area contributed by atoms with Gasteiger partial charge in [0.05, 0.1) is 18.7 Å². The zero-order chi connectivity index (χ0) is 22.8. The third-order valence-corrected chi connectivity index (χ3v) is 7.91. The minimum Gasteiger partial charge on any atom is -0.497 e. The Morgan fingerprint density at radius 2 is 1.68 bits per heavy atom. The zero-order valence-corrected chi connectivity index (χ0v) is 18.6. The Morgan fingerprint density at radius 1 is 1.06 bits per heavy atom. The third kappa shape index (κ3) is 3.50. The molecule has 2 saturated carbocycles. The molecule has 0 aromatic carbocycles. The number of ether oxygens (including phenoxy) is 2. The molecule has 0 aromatic rings. The fourth-order valence-corrected chi connectivity index (χ4v) is 5.92. The van der Waals surface area contributed by atoms with E-state index < -0.39 is 11.8 Å². The molecule has 0 spiro atoms. The van der Waals surface area contributed by atoms with Gasteiger partial charge >= 0.3 is 6.36 Å². The van der Waals surface area contributed by atoms with Crippen LogP contribution in [0, 0.1) is 34.0 Å². The van der Waals surface area contributed by atoms with Crippen LogP contribution in [0.25, 0.3) is 0 Å². The lowest BCUT2D eigenvalue weighted by Gasteiger charge is -2.52. The van der Waals surface area contributed by atoms with Crippen LogP contribution in [0.1, 0.15) is 47.0 Å². The number of alkyl halides is 3. The average molecular weight is 438 g/mol. The van der Waals surface area contributed by atoms with Crippen molar-refractivity contribution in [2.75, 3.05) is 7.11 Å². The van der Waals surface area contributed by atoms with E-state index in [-0.39, 0.29) is 34.3 Å². The van der Waals surface area contributed by atoms with Crippen molar-refractivity contribution in [3.05, 3.63) is 47.0 Å². The lowest BCUT2D eigenvalue weighted by molar-refractivity contribution is -0.309. The van der Waals surface area contributed by atoms with Crippen LogP contribution in [0.2, 0.25) is 0 Å². The highest BCUT2D eigenvalue weighted by molar-refractivity contribution is 5.82. The molecule has 0 amide bonds. The number of allylic oxidation sites excluding steroid dienone is 7. The molecule has 4 unspecified atom stereocenters. The lowest BCUT2D eigenvalue weighted by Crippen LogP contribution is -2.44. The predicted molar refractivity (Wildman–Crippen MR) is 111 cm³/mol. The van der Waals surface area contributed by atoms with Crippen LogP contribution in [-0.2, 0) is 9.47 Å². The van der Waals surface area contributed by atoms with Crippen LogP contribution in [0.15, 0.2) is 52.1 Å². The van der Waals surface area contributed by atoms with Gasteiger partial charge < -0.3 is 14.7 Å². The Balaban J connectivity index is 1.83. The average Bonchev–Trinajstić information content (AvgIpc) is 3.43. The molecule has 4 atom stereocenters. The molecule has 0 saturated heterocycles. The van der Waals surface area contributed by atoms with Gasteiger partial charge in [-0.25, -0.2) is 0 Å². The highest BCUT2D eigenvalue weighted by Gasteiger charge is 2.66. The molecular formula is C24H30F3NO3. The number of halogens is 3. The van der Waals surface area contributed by atoms with Crippen LogP contribution in [0.5, 0.6) is 0 Å². The normalized spacial score (nSPS) is 35.8. The van der Waals surface area contributed by atoms with E-state index in [4.69, 9.17) is 9.94 Å². The van der Waals surface area contributed by atoms with Gasteiger partial charge in [-0.15, -0.1) is 13.2 Å². The molecule has 2 fully saturated rings. The summed E-state index contributed by atoms with van der Waals surface area (Å²) in [6.07, 6.45) is 6.23. The molecule has 0 bridgehead atoms. The van der Waals surface area contributed by atoms with Gasteiger partial charge in [0.2, 0.25) is 0 Å². The second-order valence-corrected chi connectivity index (χ2v) is 10.6. The van der Waals surface area contributed by atoms with Crippen LogP contribution in [-0.4, -0.2) is 24.9 Å². The van der Waals surface area contributed by atoms with E-state index in [1.807, 2.05) is 0 Å². The Hall–Kier alpha value is -2.18. The Bertz CT molecular complexity index is 923. The fraction of sp³-hybridized carbons (Fsp3) is 0.625. The van der Waals surface area contributed by atoms with E-state index in [0.717, 1.165) is 18.4 Å². The van der Waals surface area contributed by atoms with Gasteiger partial charge in [-0.1, -0.05) is 45.0 Å². The van der Waals surface area contributed by atoms with Crippen molar-refractivity contribution >= 4 is 6.21 Å². The molecule has 4 rings (SSSR count). The van der Waals surface area contributed by atoms with Gasteiger partial charge in [-0.05, 0) is 59.7 Å². The zero-order valence-electron chi connectivity index (χ0n) is 18.6. The van der Waals surface area contributed by atoms with Crippen molar-refractivity contribution in [3.63, 3.8) is 0 Å². The maximum atomic E-state index is 13.3. The number of nitrogens with zero attached hydrogens (tertiary/aromatic N) is 1. The summed E-state index contributed by atoms with van der Waals surface area (Å²) in [4.78, 5) is 0. The number of hydrogen-bond acceptors (Lipinski definition) is 4. The topological polar surface area (TPSA) is 51.0 Å². The van der Waals surface area contributed by atoms with Crippen LogP contribution < -0.4 is 0 Å². The highest BCUT2D eigenvalue weighted by atomic mass is 19.4. The van der Waals surface area contributed by atoms with Crippen molar-refractivity contribution in [2.24, 2.45) is 39.2 Å². The quantitative estimate of drug-likeness (QED) is 0.316. The van der Waals surface area contributed by atoms with E-state index in [1.54, 1.807) is 7.11 Å². The summed E-state index contributed by atoms with van der Waals surface area (Å²) in [7, 11) is 1.57. The molecule has 31 heavy (non-hydrogen) atoms. The summed E-state index contributed by atoms with van der Waals surface area (Å²) in [6, 6.07) is 0. The van der Waals surface area contributed by atoms with Gasteiger partial charge in [0, 0.05) is 11.5 Å². The number of fused-ring (bicyclic) bond motifs is 2. The second kappa shape index (κ2) is 6.91. The number of methoxy groups -OCH3 is 1. The van der Waals surface area contributed by atoms with Crippen molar-refractivity contribution < 1.29 is 27.9 Å². The molecule has 0 heterocycles. The fourth-order valence-electron chi connectivity index (χ4n) is 5.92. The summed E-state index contributed by atoms with van der Waals surface area (Å²) in [6.45, 7) is 8.96. The Labute approximate surface area is 181 Å². The standard InChI is InChI=1S/C24H30F3NO3/c1-21(2)8-9-22(3,4)16-11-19(30-5)17(10-15(16)21)23-12-18(23)14(13-28-29)6-7-20(23)31-24(25,26)27/h6-7,10-11,13,15-16,18,29H,8-9,12H2,1-5H3/b28-13+. The first kappa shape index (κ1) is 22.0. The molecule has 4 aliphatic carbocycles. The molecule has 7 heteroatoms. The monoisotopic (exact) mass is 437 g/mol. The summed E-state index contributed by atoms with van der Waals surface area (Å²) in [5.41, 5.74) is 0.537. The predicted octanol–water partition coefficient (Wildman–Crippen LogP) is 6.36. The molecule has 170 valence electrons. The van der Waals surface area contributed by atoms with Gasteiger partial charge in [0.25, 0.3) is 0 Å². The third-order valence-electron chi connectivity index (χ3n) is 7.91. The minimum atomic E-state index is -4.79. The first-order valence-corrected chi connectivity index (χ1v) is 10.7. The van der Waals surface area contributed by atoms with Gasteiger partial charge in [0.15, 0.2) is 0 Å². The van der Waals surface area contributed by atoms with Crippen molar-refractivity contribution in [2.45, 2.75) is 53.3 Å². The van der Waals surface area contributed by atoms with Gasteiger partial charge in [-0.3, -0.25) is 0 Å². The summed E-state index contributed by atoms with van der Waals surface area (Å²) in [5, 5.41) is 12.1. The van der Waals surface area contributed by atoms with Crippen molar-refractivity contribution in [1.82, 2.24) is 0 Å². The number of hydrogen-bond donors (Lipinski definition) is 1. The summed E-state index contributed by atoms with van der Waals surface area (Å²) < 4.78 is 50.1. The summed E-state index contributed by atoms with van der Waals surface area (Å²) in [5.74, 6) is 0.645. The van der Waals surface area contributed by atoms with Gasteiger partial charge in [0.1, 0.15) is 11.5 Å². The van der Waals surface area contributed by atoms with E-state index in [1.165, 1.54) is 18.4 Å². The number of oxime groups is 1. The molecule has 1 N–H and O–H groups in total. The molecule has 4 aliphatic rings. The Kier molecular flexibility index (Phi) is 4.91. The van der Waals surface area contributed by atoms with E-state index in [0.29, 0.717) is 17.8 Å². The second-order valence-electron chi connectivity index (χ2n) is 10.6. The Morgan fingerprint density at radius 3 is 2.23 bits per heavy atom. The van der Waals surface area contributed by atoms with Crippen LogP contribution in [0.3, 0.4) is 0 Å². The highest BCUT2D eigenvalue weighted by Crippen LogP contribution is 2.70. The SMILES string of the molecule is COC1=CC2C(C=C1C13CC1C(/C=N/O)=CC=C3OC(F)(F)F)C(C)(C)CCC2(C)C. The first-order valence-electron chi connectivity index (χ1n) is 10.7. The smallest absolute Gasteiger partial charge is 0.497 e. The lowest BCUT2D eigenvalue weighted by atomic mass is 9.52. The molecule has 0 aromatic heterocycles. The summed E-state index contributed by atoms with van der Waals surface area (Å²) >= 11 is 0. The molecular weight excluding hydrogens is 407 g/mol. The largest absolute Gasteiger partial charge is 0.572 e. The molecule has 0 aliphatic heterocycles. The molecule has 4 nitrogen and oxygen atoms in total. The van der Waals surface area contributed by atoms with Crippen LogP contribution in [0.4, 0.5) is 13.2 Å². The van der Waals surface area contributed by atoms with E-state index >= 15 is 0 Å². The van der Waals surface area contributed by atoms with Crippen molar-refractivity contribution in [3.8, 4) is 0 Å². The number of rotatable bonds is 4. The first-order chi connectivity index (χ1) is 14.4. The van der Waals surface area contributed by atoms with Crippen molar-refractivity contribution in [1.29, 1.82) is 0 Å². The maximum absolute atomic E-state index is 13.3. The molecule has 0 radical (unpaired) electrons. The minimum absolute atomic E-state index is 0.0108.